The van der Waals surface area contributed by atoms with E-state index in [-0.39, 0.29) is 19.4 Å². The predicted molar refractivity (Wildman–Crippen MR) is 181 cm³/mol. The van der Waals surface area contributed by atoms with Gasteiger partial charge in [0.15, 0.2) is 0 Å². The van der Waals surface area contributed by atoms with Crippen LogP contribution in [0.2, 0.25) is 0 Å². The zero-order chi connectivity index (χ0) is 31.1. The highest BCUT2D eigenvalue weighted by Crippen LogP contribution is 2.41. The molecule has 3 aliphatic rings. The first-order valence-corrected chi connectivity index (χ1v) is 15.7. The van der Waals surface area contributed by atoms with Crippen molar-refractivity contribution in [3.8, 4) is 11.1 Å². The third-order valence-corrected chi connectivity index (χ3v) is 9.20. The Morgan fingerprint density at radius 1 is 1.04 bits per heavy atom. The second kappa shape index (κ2) is 12.1. The van der Waals surface area contributed by atoms with Crippen molar-refractivity contribution in [3.63, 3.8) is 0 Å². The van der Waals surface area contributed by atoms with E-state index in [9.17, 15) is 9.18 Å². The Hall–Kier alpha value is -4.47. The summed E-state index contributed by atoms with van der Waals surface area (Å²) in [4.78, 5) is 24.5. The summed E-state index contributed by atoms with van der Waals surface area (Å²) >= 11 is 0. The highest BCUT2D eigenvalue weighted by atomic mass is 19.1. The molecule has 2 aromatic heterocycles. The number of piperazine rings is 1. The van der Waals surface area contributed by atoms with Gasteiger partial charge in [0, 0.05) is 63.9 Å². The molecule has 2 aliphatic heterocycles. The summed E-state index contributed by atoms with van der Waals surface area (Å²) in [5, 5.41) is 3.26. The first-order chi connectivity index (χ1) is 21.8. The molecule has 234 valence electrons. The standard InChI is InChI=1S/C36H39FN6O2.H2/c1-24-30(5-4-6-34(24)43-12-11-26-17-27(25-7-8-25)18-32(37)31(26)22-45-23-43)28-19-33(36(44)41(3)21-28)39-35-10-9-29(20-38-35)42-15-13-40(2)14-16-42;/h4-6,9-12,17-21,25H,7-8,13-16,22-23H2,1-3H3,(H,38,39);1H/b12-11-;. The summed E-state index contributed by atoms with van der Waals surface area (Å²) in [6.07, 6.45) is 9.95. The van der Waals surface area contributed by atoms with Crippen LogP contribution in [0.4, 0.5) is 27.3 Å². The van der Waals surface area contributed by atoms with Gasteiger partial charge in [-0.3, -0.25) is 4.79 Å². The number of benzene rings is 2. The molecule has 45 heavy (non-hydrogen) atoms. The number of hydrogen-bond donors (Lipinski definition) is 1. The highest BCUT2D eigenvalue weighted by molar-refractivity contribution is 5.77. The molecule has 1 saturated heterocycles. The molecule has 2 aromatic carbocycles. The van der Waals surface area contributed by atoms with Crippen molar-refractivity contribution >= 4 is 29.0 Å². The van der Waals surface area contributed by atoms with Gasteiger partial charge in [-0.05, 0) is 91.4 Å². The van der Waals surface area contributed by atoms with Crippen LogP contribution in [0, 0.1) is 12.7 Å². The number of nitrogens with zero attached hydrogens (tertiary/aromatic N) is 5. The van der Waals surface area contributed by atoms with Gasteiger partial charge in [0.25, 0.3) is 5.56 Å². The average Bonchev–Trinajstić information content (AvgIpc) is 3.87. The van der Waals surface area contributed by atoms with Crippen LogP contribution in [0.1, 0.15) is 42.4 Å². The largest absolute Gasteiger partial charge is 0.368 e. The summed E-state index contributed by atoms with van der Waals surface area (Å²) in [6.45, 7) is 6.58. The Labute approximate surface area is 264 Å². The van der Waals surface area contributed by atoms with Crippen LogP contribution < -0.4 is 20.7 Å². The minimum absolute atomic E-state index is 0. The van der Waals surface area contributed by atoms with Crippen molar-refractivity contribution < 1.29 is 10.6 Å². The van der Waals surface area contributed by atoms with E-state index in [1.807, 2.05) is 42.9 Å². The van der Waals surface area contributed by atoms with Crippen molar-refractivity contribution in [1.29, 1.82) is 0 Å². The van der Waals surface area contributed by atoms with E-state index < -0.39 is 0 Å². The third kappa shape index (κ3) is 6.10. The molecule has 8 nitrogen and oxygen atoms in total. The third-order valence-electron chi connectivity index (χ3n) is 9.20. The summed E-state index contributed by atoms with van der Waals surface area (Å²) in [5.41, 5.74) is 7.90. The number of hydrogen-bond acceptors (Lipinski definition) is 7. The molecule has 1 saturated carbocycles. The Bertz CT molecular complexity index is 1810. The molecule has 0 bridgehead atoms. The molecule has 0 unspecified atom stereocenters. The Morgan fingerprint density at radius 3 is 2.62 bits per heavy atom. The molecule has 0 spiro atoms. The first kappa shape index (κ1) is 29.3. The highest BCUT2D eigenvalue weighted by Gasteiger charge is 2.26. The van der Waals surface area contributed by atoms with Crippen LogP contribution >= 0.6 is 0 Å². The second-order valence-corrected chi connectivity index (χ2v) is 12.4. The van der Waals surface area contributed by atoms with Crippen LogP contribution in [-0.4, -0.2) is 54.4 Å². The van der Waals surface area contributed by atoms with Gasteiger partial charge in [-0.25, -0.2) is 9.37 Å². The van der Waals surface area contributed by atoms with Crippen molar-refractivity contribution in [2.75, 3.05) is 55.1 Å². The molecule has 1 N–H and O–H groups in total. The monoisotopic (exact) mass is 608 g/mol. The number of halogens is 1. The predicted octanol–water partition coefficient (Wildman–Crippen LogP) is 6.48. The quantitative estimate of drug-likeness (QED) is 0.269. The van der Waals surface area contributed by atoms with Gasteiger partial charge in [0.1, 0.15) is 24.1 Å². The van der Waals surface area contributed by atoms with E-state index in [4.69, 9.17) is 4.74 Å². The minimum Gasteiger partial charge on any atom is -0.368 e. The van der Waals surface area contributed by atoms with Crippen molar-refractivity contribution in [2.45, 2.75) is 32.3 Å². The van der Waals surface area contributed by atoms with Gasteiger partial charge in [-0.2, -0.15) is 0 Å². The number of aromatic nitrogens is 2. The number of ether oxygens (including phenoxy) is 1. The second-order valence-electron chi connectivity index (χ2n) is 12.4. The number of rotatable bonds is 6. The van der Waals surface area contributed by atoms with E-state index >= 15 is 0 Å². The van der Waals surface area contributed by atoms with Crippen LogP contribution in [0.5, 0.6) is 0 Å². The fraction of sp³-hybridized carbons (Fsp3) is 0.333. The van der Waals surface area contributed by atoms with Crippen molar-refractivity contribution in [2.24, 2.45) is 7.05 Å². The summed E-state index contributed by atoms with van der Waals surface area (Å²) < 4.78 is 22.5. The minimum atomic E-state index is -0.189. The smallest absolute Gasteiger partial charge is 0.274 e. The van der Waals surface area contributed by atoms with Gasteiger partial charge in [-0.15, -0.1) is 0 Å². The van der Waals surface area contributed by atoms with E-state index in [0.717, 1.165) is 78.2 Å². The normalized spacial score (nSPS) is 17.9. The maximum absolute atomic E-state index is 14.9. The first-order valence-electron chi connectivity index (χ1n) is 15.7. The lowest BCUT2D eigenvalue weighted by atomic mass is 9.99. The average molecular weight is 609 g/mol. The molecule has 7 rings (SSSR count). The van der Waals surface area contributed by atoms with Gasteiger partial charge in [0.2, 0.25) is 0 Å². The summed E-state index contributed by atoms with van der Waals surface area (Å²) in [5.74, 6) is 0.904. The molecule has 0 amide bonds. The number of aryl methyl sites for hydroxylation is 1. The van der Waals surface area contributed by atoms with Crippen molar-refractivity contribution in [3.05, 3.63) is 106 Å². The summed E-state index contributed by atoms with van der Waals surface area (Å²) in [6, 6.07) is 15.8. The van der Waals surface area contributed by atoms with E-state index in [1.165, 1.54) is 0 Å². The zero-order valence-corrected chi connectivity index (χ0v) is 26.1. The van der Waals surface area contributed by atoms with Crippen LogP contribution in [0.15, 0.2) is 71.9 Å². The Balaban J connectivity index is 0.00000372. The van der Waals surface area contributed by atoms with Gasteiger partial charge in [-0.1, -0.05) is 18.2 Å². The van der Waals surface area contributed by atoms with Crippen LogP contribution in [0.3, 0.4) is 0 Å². The molecule has 4 aromatic rings. The van der Waals surface area contributed by atoms with E-state index in [2.05, 4.69) is 63.2 Å². The maximum Gasteiger partial charge on any atom is 0.274 e. The fourth-order valence-corrected chi connectivity index (χ4v) is 6.29. The van der Waals surface area contributed by atoms with Crippen LogP contribution in [0.25, 0.3) is 17.2 Å². The van der Waals surface area contributed by atoms with Crippen molar-refractivity contribution in [1.82, 2.24) is 14.5 Å². The SMILES string of the molecule is Cc1c(-c2cc(Nc3ccc(N4CCN(C)CC4)cn3)c(=O)n(C)c2)cccc1N1/C=C\c2cc(C3CC3)cc(F)c2COC1.[HH]. The number of nitrogens with one attached hydrogen (secondary N) is 1. The molecule has 9 heteroatoms. The number of anilines is 4. The van der Waals surface area contributed by atoms with Crippen LogP contribution in [-0.2, 0) is 18.4 Å². The summed E-state index contributed by atoms with van der Waals surface area (Å²) in [7, 11) is 3.91. The molecule has 0 radical (unpaired) electrons. The Morgan fingerprint density at radius 2 is 1.87 bits per heavy atom. The zero-order valence-electron chi connectivity index (χ0n) is 26.1. The fourth-order valence-electron chi connectivity index (χ4n) is 6.29. The number of likely N-dealkylation sites (N-methyl/N-ethyl adjacent to an activating group) is 1. The van der Waals surface area contributed by atoms with E-state index in [1.54, 1.807) is 17.7 Å². The molecule has 4 heterocycles. The molecule has 1 aliphatic carbocycles. The van der Waals surface area contributed by atoms with Gasteiger partial charge < -0.3 is 29.3 Å². The van der Waals surface area contributed by atoms with Gasteiger partial charge in [0.05, 0.1) is 18.5 Å². The number of fused-ring (bicyclic) bond motifs is 1. The van der Waals surface area contributed by atoms with Gasteiger partial charge >= 0.3 is 0 Å². The molecular formula is C36H41FN6O2. The maximum atomic E-state index is 14.9. The lowest BCUT2D eigenvalue weighted by molar-refractivity contribution is 0.123. The molecular weight excluding hydrogens is 567 g/mol. The van der Waals surface area contributed by atoms with E-state index in [0.29, 0.717) is 29.7 Å². The number of pyridine rings is 2. The lowest BCUT2D eigenvalue weighted by Crippen LogP contribution is -2.44. The lowest BCUT2D eigenvalue weighted by Gasteiger charge is -2.33. The Kier molecular flexibility index (Phi) is 7.89. The molecule has 0 atom stereocenters. The topological polar surface area (TPSA) is 65.9 Å². The molecule has 2 fully saturated rings.